The van der Waals surface area contributed by atoms with Gasteiger partial charge in [0.2, 0.25) is 0 Å². The van der Waals surface area contributed by atoms with E-state index >= 15 is 0 Å². The van der Waals surface area contributed by atoms with Crippen molar-refractivity contribution < 1.29 is 19.4 Å². The van der Waals surface area contributed by atoms with E-state index in [0.717, 1.165) is 16.7 Å². The van der Waals surface area contributed by atoms with Crippen LogP contribution in [0.3, 0.4) is 0 Å². The third kappa shape index (κ3) is 6.32. The van der Waals surface area contributed by atoms with Crippen molar-refractivity contribution in [2.45, 2.75) is 13.0 Å². The normalized spacial score (nSPS) is 10.6. The van der Waals surface area contributed by atoms with Gasteiger partial charge in [-0.15, -0.1) is 0 Å². The topological polar surface area (TPSA) is 88.0 Å². The Morgan fingerprint density at radius 3 is 2.28 bits per heavy atom. The second-order valence-electron chi connectivity index (χ2n) is 6.31. The summed E-state index contributed by atoms with van der Waals surface area (Å²) in [6.07, 6.45) is 1.69. The van der Waals surface area contributed by atoms with Crippen LogP contribution in [0.5, 0.6) is 5.75 Å². The summed E-state index contributed by atoms with van der Waals surface area (Å²) in [5, 5.41) is 13.1. The highest BCUT2D eigenvalue weighted by Gasteiger charge is 2.06. The zero-order chi connectivity index (χ0) is 20.5. The first-order chi connectivity index (χ1) is 14.1. The summed E-state index contributed by atoms with van der Waals surface area (Å²) in [7, 11) is 0. The van der Waals surface area contributed by atoms with Crippen LogP contribution < -0.4 is 5.43 Å². The van der Waals surface area contributed by atoms with Crippen LogP contribution in [0.15, 0.2) is 84.0 Å². The minimum atomic E-state index is -0.376. The number of phenolic OH excluding ortho intramolecular Hbond substituents is 1. The van der Waals surface area contributed by atoms with E-state index in [1.54, 1.807) is 12.1 Å². The zero-order valence-electron chi connectivity index (χ0n) is 15.6. The Bertz CT molecular complexity index is 982. The Balaban J connectivity index is 1.46. The number of nitrogens with one attached hydrogen (secondary N) is 1. The molecule has 0 saturated heterocycles. The van der Waals surface area contributed by atoms with E-state index in [-0.39, 0.29) is 30.7 Å². The Morgan fingerprint density at radius 2 is 1.59 bits per heavy atom. The number of phenols is 1. The maximum absolute atomic E-state index is 12.0. The van der Waals surface area contributed by atoms with Crippen molar-refractivity contribution in [2.75, 3.05) is 0 Å². The van der Waals surface area contributed by atoms with Crippen LogP contribution in [0.1, 0.15) is 27.0 Å². The summed E-state index contributed by atoms with van der Waals surface area (Å²) in [5.74, 6) is -0.579. The van der Waals surface area contributed by atoms with Gasteiger partial charge in [0.1, 0.15) is 12.4 Å². The average Bonchev–Trinajstić information content (AvgIpc) is 2.75. The number of benzene rings is 3. The Hall–Kier alpha value is -3.93. The molecule has 3 aromatic carbocycles. The van der Waals surface area contributed by atoms with Gasteiger partial charge in [0.15, 0.2) is 0 Å². The molecule has 0 atom stereocenters. The number of rotatable bonds is 7. The summed E-state index contributed by atoms with van der Waals surface area (Å²) in [6.45, 7) is 0.255. The van der Waals surface area contributed by atoms with Gasteiger partial charge in [-0.3, -0.25) is 9.59 Å². The molecule has 3 aromatic rings. The van der Waals surface area contributed by atoms with Crippen LogP contribution in [-0.2, 0) is 22.6 Å². The Morgan fingerprint density at radius 1 is 0.897 bits per heavy atom. The molecule has 3 rings (SSSR count). The summed E-state index contributed by atoms with van der Waals surface area (Å²) < 4.78 is 5.27. The van der Waals surface area contributed by atoms with E-state index in [9.17, 15) is 14.7 Å². The first-order valence-corrected chi connectivity index (χ1v) is 9.01. The smallest absolute Gasteiger partial charge is 0.310 e. The molecular formula is C23H20N2O4. The fourth-order valence-electron chi connectivity index (χ4n) is 2.52. The molecule has 0 aliphatic heterocycles. The molecule has 0 heterocycles. The van der Waals surface area contributed by atoms with Crippen molar-refractivity contribution in [3.05, 3.63) is 101 Å². The second kappa shape index (κ2) is 9.85. The van der Waals surface area contributed by atoms with Crippen LogP contribution in [0.25, 0.3) is 0 Å². The van der Waals surface area contributed by atoms with E-state index in [1.165, 1.54) is 30.5 Å². The highest BCUT2D eigenvalue weighted by atomic mass is 16.5. The third-order valence-corrected chi connectivity index (χ3v) is 4.08. The molecular weight excluding hydrogens is 368 g/mol. The Kier molecular flexibility index (Phi) is 6.73. The predicted molar refractivity (Wildman–Crippen MR) is 110 cm³/mol. The first-order valence-electron chi connectivity index (χ1n) is 9.01. The molecule has 6 heteroatoms. The number of aromatic hydroxyl groups is 1. The quantitative estimate of drug-likeness (QED) is 0.369. The summed E-state index contributed by atoms with van der Waals surface area (Å²) in [6, 6.07) is 22.6. The van der Waals surface area contributed by atoms with Crippen molar-refractivity contribution in [2.24, 2.45) is 5.10 Å². The lowest BCUT2D eigenvalue weighted by atomic mass is 10.1. The van der Waals surface area contributed by atoms with Gasteiger partial charge in [-0.2, -0.15) is 5.10 Å². The van der Waals surface area contributed by atoms with Crippen LogP contribution in [-0.4, -0.2) is 23.2 Å². The van der Waals surface area contributed by atoms with E-state index in [4.69, 9.17) is 4.74 Å². The average molecular weight is 388 g/mol. The lowest BCUT2D eigenvalue weighted by Gasteiger charge is -2.05. The second-order valence-corrected chi connectivity index (χ2v) is 6.31. The molecule has 29 heavy (non-hydrogen) atoms. The van der Waals surface area contributed by atoms with Gasteiger partial charge in [0.25, 0.3) is 5.91 Å². The van der Waals surface area contributed by atoms with Crippen molar-refractivity contribution in [3.63, 3.8) is 0 Å². The predicted octanol–water partition coefficient (Wildman–Crippen LogP) is 3.44. The molecule has 0 saturated carbocycles. The fourth-order valence-corrected chi connectivity index (χ4v) is 2.52. The molecule has 0 radical (unpaired) electrons. The van der Waals surface area contributed by atoms with Gasteiger partial charge in [-0.1, -0.05) is 54.6 Å². The molecule has 6 nitrogen and oxygen atoms in total. The van der Waals surface area contributed by atoms with Gasteiger partial charge in [0, 0.05) is 5.56 Å². The molecule has 0 spiro atoms. The minimum Gasteiger partial charge on any atom is -0.508 e. The highest BCUT2D eigenvalue weighted by molar-refractivity contribution is 5.95. The molecule has 0 fully saturated rings. The van der Waals surface area contributed by atoms with E-state index in [2.05, 4.69) is 10.5 Å². The maximum atomic E-state index is 12.0. The van der Waals surface area contributed by atoms with Crippen molar-refractivity contribution in [3.8, 4) is 5.75 Å². The number of carbonyl (C=O) groups is 2. The van der Waals surface area contributed by atoms with Crippen LogP contribution in [0.4, 0.5) is 0 Å². The summed E-state index contributed by atoms with van der Waals surface area (Å²) >= 11 is 0. The van der Waals surface area contributed by atoms with Gasteiger partial charge >= 0.3 is 5.97 Å². The Labute approximate surface area is 168 Å². The summed E-state index contributed by atoms with van der Waals surface area (Å²) in [5.41, 5.74) is 5.36. The molecule has 0 bridgehead atoms. The number of amides is 1. The zero-order valence-corrected chi connectivity index (χ0v) is 15.6. The number of hydrogen-bond donors (Lipinski definition) is 2. The molecule has 2 N–H and O–H groups in total. The molecule has 1 amide bonds. The number of hydrogen-bond acceptors (Lipinski definition) is 5. The largest absolute Gasteiger partial charge is 0.508 e. The van der Waals surface area contributed by atoms with Gasteiger partial charge in [-0.25, -0.2) is 5.43 Å². The lowest BCUT2D eigenvalue weighted by molar-refractivity contribution is -0.144. The van der Waals surface area contributed by atoms with Crippen molar-refractivity contribution >= 4 is 18.1 Å². The minimum absolute atomic E-state index is 0.0917. The number of ether oxygens (including phenoxy) is 1. The van der Waals surface area contributed by atoms with Crippen LogP contribution in [0, 0.1) is 0 Å². The van der Waals surface area contributed by atoms with E-state index < -0.39 is 0 Å². The summed E-state index contributed by atoms with van der Waals surface area (Å²) in [4.78, 5) is 23.9. The molecule has 0 unspecified atom stereocenters. The number of nitrogens with zero attached hydrogens (tertiary/aromatic N) is 1. The first kappa shape index (κ1) is 19.8. The maximum Gasteiger partial charge on any atom is 0.310 e. The number of esters is 1. The fraction of sp³-hybridized carbons (Fsp3) is 0.0870. The van der Waals surface area contributed by atoms with Crippen molar-refractivity contribution in [1.29, 1.82) is 0 Å². The molecule has 146 valence electrons. The third-order valence-electron chi connectivity index (χ3n) is 4.08. The molecule has 0 aliphatic rings. The molecule has 0 aromatic heterocycles. The number of hydrazone groups is 1. The van der Waals surface area contributed by atoms with E-state index in [1.807, 2.05) is 42.5 Å². The van der Waals surface area contributed by atoms with Gasteiger partial charge < -0.3 is 9.84 Å². The van der Waals surface area contributed by atoms with E-state index in [0.29, 0.717) is 5.56 Å². The molecule has 0 aliphatic carbocycles. The lowest BCUT2D eigenvalue weighted by Crippen LogP contribution is -2.17. The highest BCUT2D eigenvalue weighted by Crippen LogP contribution is 2.09. The standard InChI is InChI=1S/C23H20N2O4/c26-21-12-10-20(11-13-21)23(28)25-24-15-18-8-6-17(7-9-18)14-22(27)29-16-19-4-2-1-3-5-19/h1-13,15,26H,14,16H2,(H,25,28)/b24-15+. The SMILES string of the molecule is O=C(Cc1ccc(/C=N/NC(=O)c2ccc(O)cc2)cc1)OCc1ccccc1. The van der Waals surface area contributed by atoms with Crippen LogP contribution in [0.2, 0.25) is 0 Å². The van der Waals surface area contributed by atoms with Gasteiger partial charge in [0.05, 0.1) is 12.6 Å². The van der Waals surface area contributed by atoms with Crippen molar-refractivity contribution in [1.82, 2.24) is 5.43 Å². The van der Waals surface area contributed by atoms with Crippen LogP contribution >= 0.6 is 0 Å². The van der Waals surface area contributed by atoms with Gasteiger partial charge in [-0.05, 0) is 41.0 Å². The number of carbonyl (C=O) groups excluding carboxylic acids is 2. The monoisotopic (exact) mass is 388 g/mol.